The Bertz CT molecular complexity index is 1470. The first-order valence-electron chi connectivity index (χ1n) is 12.4. The molecule has 5 rings (SSSR count). The molecule has 9 nitrogen and oxygen atoms in total. The number of rotatable bonds is 7. The molecule has 1 atom stereocenters. The van der Waals surface area contributed by atoms with E-state index in [0.29, 0.717) is 35.5 Å². The summed E-state index contributed by atoms with van der Waals surface area (Å²) in [5.74, 6) is 1.97. The minimum absolute atomic E-state index is 0.0410. The van der Waals surface area contributed by atoms with E-state index in [1.54, 1.807) is 11.1 Å². The standard InChI is InChI=1S/C29H29N7O2/c1-18-4-10-24(11-5-18)36-17-21(15-28(36)37)29(38)34-23-8-6-22(7-9-23)33-26-16-27(32-20(3)31-26)35-25-14-19(2)12-13-30-25/h4-14,16,21H,15,17H2,1-3H3,(H,34,38)(H2,30,31,32,33,35). The quantitative estimate of drug-likeness (QED) is 0.312. The van der Waals surface area contributed by atoms with Crippen LogP contribution in [-0.2, 0) is 9.59 Å². The molecule has 2 aromatic carbocycles. The number of aromatic nitrogens is 3. The van der Waals surface area contributed by atoms with Gasteiger partial charge >= 0.3 is 0 Å². The fourth-order valence-electron chi connectivity index (χ4n) is 4.32. The number of hydrogen-bond donors (Lipinski definition) is 3. The number of carbonyl (C=O) groups is 2. The lowest BCUT2D eigenvalue weighted by molar-refractivity contribution is -0.122. The fraction of sp³-hybridized carbons (Fsp3) is 0.207. The summed E-state index contributed by atoms with van der Waals surface area (Å²) < 4.78 is 0. The zero-order valence-electron chi connectivity index (χ0n) is 21.5. The highest BCUT2D eigenvalue weighted by atomic mass is 16.2. The van der Waals surface area contributed by atoms with Gasteiger partial charge in [0.25, 0.3) is 0 Å². The van der Waals surface area contributed by atoms with Crippen molar-refractivity contribution >= 4 is 46.3 Å². The van der Waals surface area contributed by atoms with Crippen molar-refractivity contribution in [2.24, 2.45) is 5.92 Å². The highest BCUT2D eigenvalue weighted by molar-refractivity contribution is 6.03. The molecule has 9 heteroatoms. The number of pyridine rings is 1. The van der Waals surface area contributed by atoms with E-state index in [1.807, 2.05) is 87.5 Å². The first kappa shape index (κ1) is 24.9. The summed E-state index contributed by atoms with van der Waals surface area (Å²) in [6.45, 7) is 6.20. The van der Waals surface area contributed by atoms with Crippen molar-refractivity contribution in [3.8, 4) is 0 Å². The first-order valence-corrected chi connectivity index (χ1v) is 12.4. The minimum atomic E-state index is -0.403. The van der Waals surface area contributed by atoms with Crippen LogP contribution < -0.4 is 20.9 Å². The average molecular weight is 508 g/mol. The third-order valence-corrected chi connectivity index (χ3v) is 6.28. The molecule has 1 saturated heterocycles. The number of benzene rings is 2. The van der Waals surface area contributed by atoms with Gasteiger partial charge in [0.05, 0.1) is 5.92 Å². The summed E-state index contributed by atoms with van der Waals surface area (Å²) in [5, 5.41) is 9.43. The van der Waals surface area contributed by atoms with Crippen molar-refractivity contribution in [3.05, 3.63) is 89.9 Å². The molecular weight excluding hydrogens is 478 g/mol. The average Bonchev–Trinajstić information content (AvgIpc) is 3.27. The third kappa shape index (κ3) is 5.95. The Morgan fingerprint density at radius 3 is 2.21 bits per heavy atom. The monoisotopic (exact) mass is 507 g/mol. The highest BCUT2D eigenvalue weighted by Crippen LogP contribution is 2.27. The molecule has 0 radical (unpaired) electrons. The molecular formula is C29H29N7O2. The van der Waals surface area contributed by atoms with E-state index >= 15 is 0 Å². The van der Waals surface area contributed by atoms with Gasteiger partial charge < -0.3 is 20.9 Å². The Kier molecular flexibility index (Phi) is 6.99. The summed E-state index contributed by atoms with van der Waals surface area (Å²) in [6, 6.07) is 20.8. The van der Waals surface area contributed by atoms with E-state index in [4.69, 9.17) is 0 Å². The third-order valence-electron chi connectivity index (χ3n) is 6.28. The number of nitrogens with zero attached hydrogens (tertiary/aromatic N) is 4. The van der Waals surface area contributed by atoms with Crippen molar-refractivity contribution in [1.29, 1.82) is 0 Å². The molecule has 3 heterocycles. The smallest absolute Gasteiger partial charge is 0.229 e. The highest BCUT2D eigenvalue weighted by Gasteiger charge is 2.35. The summed E-state index contributed by atoms with van der Waals surface area (Å²) >= 11 is 0. The van der Waals surface area contributed by atoms with E-state index in [2.05, 4.69) is 30.9 Å². The lowest BCUT2D eigenvalue weighted by atomic mass is 10.1. The molecule has 38 heavy (non-hydrogen) atoms. The van der Waals surface area contributed by atoms with E-state index in [0.717, 1.165) is 22.5 Å². The van der Waals surface area contributed by atoms with Gasteiger partial charge in [-0.3, -0.25) is 9.59 Å². The molecule has 4 aromatic rings. The Hall–Kier alpha value is -4.79. The number of hydrogen-bond acceptors (Lipinski definition) is 7. The van der Waals surface area contributed by atoms with E-state index < -0.39 is 5.92 Å². The van der Waals surface area contributed by atoms with Crippen LogP contribution in [0.25, 0.3) is 0 Å². The largest absolute Gasteiger partial charge is 0.340 e. The molecule has 1 aliphatic rings. The summed E-state index contributed by atoms with van der Waals surface area (Å²) in [6.07, 6.45) is 1.94. The molecule has 1 aliphatic heterocycles. The molecule has 1 fully saturated rings. The van der Waals surface area contributed by atoms with E-state index in [9.17, 15) is 9.59 Å². The van der Waals surface area contributed by atoms with Crippen LogP contribution in [0.15, 0.2) is 72.9 Å². The van der Waals surface area contributed by atoms with Gasteiger partial charge in [0.15, 0.2) is 0 Å². The predicted molar refractivity (Wildman–Crippen MR) is 149 cm³/mol. The van der Waals surface area contributed by atoms with E-state index in [-0.39, 0.29) is 18.2 Å². The second-order valence-corrected chi connectivity index (χ2v) is 9.46. The van der Waals surface area contributed by atoms with Crippen molar-refractivity contribution < 1.29 is 9.59 Å². The van der Waals surface area contributed by atoms with Crippen LogP contribution in [0.5, 0.6) is 0 Å². The number of anilines is 6. The van der Waals surface area contributed by atoms with Gasteiger partial charge in [0.2, 0.25) is 11.8 Å². The molecule has 0 bridgehead atoms. The molecule has 2 amide bonds. The van der Waals surface area contributed by atoms with Crippen LogP contribution in [0, 0.1) is 26.7 Å². The normalized spacial score (nSPS) is 14.9. The lowest BCUT2D eigenvalue weighted by Gasteiger charge is -2.17. The molecule has 192 valence electrons. The topological polar surface area (TPSA) is 112 Å². The van der Waals surface area contributed by atoms with Crippen molar-refractivity contribution in [3.63, 3.8) is 0 Å². The number of amides is 2. The van der Waals surface area contributed by atoms with E-state index in [1.165, 1.54) is 0 Å². The first-order chi connectivity index (χ1) is 18.3. The Morgan fingerprint density at radius 2 is 1.50 bits per heavy atom. The summed E-state index contributed by atoms with van der Waals surface area (Å²) in [4.78, 5) is 40.3. The van der Waals surface area contributed by atoms with Gasteiger partial charge in [0.1, 0.15) is 23.3 Å². The predicted octanol–water partition coefficient (Wildman–Crippen LogP) is 5.28. The van der Waals surface area contributed by atoms with Crippen LogP contribution in [0.3, 0.4) is 0 Å². The number of aryl methyl sites for hydroxylation is 3. The zero-order valence-corrected chi connectivity index (χ0v) is 21.5. The number of nitrogens with one attached hydrogen (secondary N) is 3. The molecule has 1 unspecified atom stereocenters. The van der Waals surface area contributed by atoms with Crippen LogP contribution >= 0.6 is 0 Å². The lowest BCUT2D eigenvalue weighted by Crippen LogP contribution is -2.28. The van der Waals surface area contributed by atoms with Gasteiger partial charge in [-0.05, 0) is 74.9 Å². The van der Waals surface area contributed by atoms with Crippen molar-refractivity contribution in [2.75, 3.05) is 27.4 Å². The second-order valence-electron chi connectivity index (χ2n) is 9.46. The molecule has 0 spiro atoms. The zero-order chi connectivity index (χ0) is 26.6. The maximum Gasteiger partial charge on any atom is 0.229 e. The second kappa shape index (κ2) is 10.7. The molecule has 0 aliphatic carbocycles. The van der Waals surface area contributed by atoms with Crippen LogP contribution in [0.1, 0.15) is 23.4 Å². The van der Waals surface area contributed by atoms with Gasteiger partial charge in [0, 0.05) is 42.3 Å². The maximum atomic E-state index is 12.9. The van der Waals surface area contributed by atoms with Crippen LogP contribution in [0.4, 0.5) is 34.5 Å². The SMILES string of the molecule is Cc1ccc(N2CC(C(=O)Nc3ccc(Nc4cc(Nc5cc(C)ccn5)nc(C)n4)cc3)CC2=O)cc1. The minimum Gasteiger partial charge on any atom is -0.340 e. The van der Waals surface area contributed by atoms with Crippen LogP contribution in [0.2, 0.25) is 0 Å². The molecule has 0 saturated carbocycles. The Morgan fingerprint density at radius 1 is 0.816 bits per heavy atom. The van der Waals surface area contributed by atoms with Crippen molar-refractivity contribution in [1.82, 2.24) is 15.0 Å². The van der Waals surface area contributed by atoms with Gasteiger partial charge in [-0.25, -0.2) is 15.0 Å². The summed E-state index contributed by atoms with van der Waals surface area (Å²) in [7, 11) is 0. The summed E-state index contributed by atoms with van der Waals surface area (Å²) in [5.41, 5.74) is 4.51. The van der Waals surface area contributed by atoms with Gasteiger partial charge in [-0.15, -0.1) is 0 Å². The van der Waals surface area contributed by atoms with Crippen LogP contribution in [-0.4, -0.2) is 33.3 Å². The Labute approximate surface area is 221 Å². The fourth-order valence-corrected chi connectivity index (χ4v) is 4.32. The Balaban J connectivity index is 1.20. The van der Waals surface area contributed by atoms with Gasteiger partial charge in [-0.2, -0.15) is 0 Å². The number of carbonyl (C=O) groups excluding carboxylic acids is 2. The van der Waals surface area contributed by atoms with Gasteiger partial charge in [-0.1, -0.05) is 17.7 Å². The molecule has 2 aromatic heterocycles. The van der Waals surface area contributed by atoms with Crippen molar-refractivity contribution in [2.45, 2.75) is 27.2 Å². The molecule has 3 N–H and O–H groups in total. The maximum absolute atomic E-state index is 12.9.